The topological polar surface area (TPSA) is 61.6 Å². The zero-order valence-corrected chi connectivity index (χ0v) is 16.3. The molecular formula is C17H23BClNO3S. The van der Waals surface area contributed by atoms with E-state index in [1.807, 2.05) is 45.9 Å². The van der Waals surface area contributed by atoms with Crippen molar-refractivity contribution in [2.45, 2.75) is 45.8 Å². The second-order valence-corrected chi connectivity index (χ2v) is 8.49. The summed E-state index contributed by atoms with van der Waals surface area (Å²) in [6.45, 7) is 9.55. The Morgan fingerprint density at radius 2 is 1.83 bits per heavy atom. The maximum absolute atomic E-state index is 11.4. The summed E-state index contributed by atoms with van der Waals surface area (Å²) in [4.78, 5) is 11.4. The van der Waals surface area contributed by atoms with E-state index >= 15 is 0 Å². The Morgan fingerprint density at radius 3 is 2.33 bits per heavy atom. The fraction of sp³-hybridized carbons (Fsp3) is 0.471. The molecule has 1 aromatic rings. The van der Waals surface area contributed by atoms with Crippen LogP contribution in [0.2, 0.25) is 5.02 Å². The van der Waals surface area contributed by atoms with Crippen LogP contribution in [0.4, 0.5) is 5.69 Å². The Morgan fingerprint density at radius 1 is 1.25 bits per heavy atom. The molecule has 130 valence electrons. The molecule has 0 amide bonds. The Bertz CT molecular complexity index is 640. The van der Waals surface area contributed by atoms with Gasteiger partial charge in [-0.25, -0.2) is 0 Å². The first-order chi connectivity index (χ1) is 11.0. The molecule has 1 aliphatic heterocycles. The summed E-state index contributed by atoms with van der Waals surface area (Å²) in [5, 5.41) is 0.608. The van der Waals surface area contributed by atoms with Crippen molar-refractivity contribution in [2.75, 3.05) is 11.5 Å². The zero-order chi connectivity index (χ0) is 18.1. The fourth-order valence-electron chi connectivity index (χ4n) is 2.29. The van der Waals surface area contributed by atoms with E-state index in [9.17, 15) is 4.79 Å². The lowest BCUT2D eigenvalue weighted by atomic mass is 9.78. The molecule has 24 heavy (non-hydrogen) atoms. The van der Waals surface area contributed by atoms with Crippen molar-refractivity contribution in [3.8, 4) is 0 Å². The lowest BCUT2D eigenvalue weighted by Gasteiger charge is -2.32. The lowest BCUT2D eigenvalue weighted by Crippen LogP contribution is -2.41. The number of carbonyl (C=O) groups is 1. The number of nitrogens with two attached hydrogens (primary N) is 1. The summed E-state index contributed by atoms with van der Waals surface area (Å²) < 4.78 is 12.2. The normalized spacial score (nSPS) is 19.6. The predicted molar refractivity (Wildman–Crippen MR) is 103 cm³/mol. The van der Waals surface area contributed by atoms with Gasteiger partial charge in [0.1, 0.15) is 0 Å². The number of halogens is 1. The molecule has 1 aliphatic rings. The quantitative estimate of drug-likeness (QED) is 0.638. The third-order valence-electron chi connectivity index (χ3n) is 4.29. The minimum Gasteiger partial charge on any atom is -0.400 e. The van der Waals surface area contributed by atoms with Crippen molar-refractivity contribution in [2.24, 2.45) is 0 Å². The summed E-state index contributed by atoms with van der Waals surface area (Å²) in [5.74, 6) is 0.485. The van der Waals surface area contributed by atoms with Crippen molar-refractivity contribution < 1.29 is 14.1 Å². The molecule has 0 spiro atoms. The zero-order valence-electron chi connectivity index (χ0n) is 14.7. The van der Waals surface area contributed by atoms with E-state index in [2.05, 4.69) is 0 Å². The Labute approximate surface area is 153 Å². The van der Waals surface area contributed by atoms with Gasteiger partial charge in [0.2, 0.25) is 0 Å². The molecule has 1 saturated heterocycles. The van der Waals surface area contributed by atoms with Gasteiger partial charge in [-0.1, -0.05) is 29.4 Å². The van der Waals surface area contributed by atoms with Crippen LogP contribution in [-0.2, 0) is 14.1 Å². The highest BCUT2D eigenvalue weighted by molar-refractivity contribution is 8.13. The molecule has 1 heterocycles. The minimum absolute atomic E-state index is 0.0445. The Kier molecular flexibility index (Phi) is 5.75. The molecule has 0 saturated carbocycles. The molecule has 1 fully saturated rings. The lowest BCUT2D eigenvalue weighted by molar-refractivity contribution is -0.109. The highest BCUT2D eigenvalue weighted by Gasteiger charge is 2.52. The SMILES string of the molecule is CC(=O)SCC(=Cc1cc(N)cc(Cl)c1)B1OC(C)(C)C(C)(C)O1. The third kappa shape index (κ3) is 4.57. The van der Waals surface area contributed by atoms with E-state index in [0.717, 1.165) is 11.0 Å². The number of benzene rings is 1. The third-order valence-corrected chi connectivity index (χ3v) is 5.40. The molecule has 7 heteroatoms. The number of thioether (sulfide) groups is 1. The minimum atomic E-state index is -0.512. The molecule has 2 rings (SSSR count). The highest BCUT2D eigenvalue weighted by atomic mass is 35.5. The molecule has 0 aromatic heterocycles. The summed E-state index contributed by atoms with van der Waals surface area (Å²) in [6, 6.07) is 5.34. The van der Waals surface area contributed by atoms with Crippen LogP contribution in [0.3, 0.4) is 0 Å². The van der Waals surface area contributed by atoms with Gasteiger partial charge in [0.05, 0.1) is 11.2 Å². The van der Waals surface area contributed by atoms with Gasteiger partial charge >= 0.3 is 7.12 Å². The van der Waals surface area contributed by atoms with Crippen molar-refractivity contribution in [3.63, 3.8) is 0 Å². The average Bonchev–Trinajstić information content (AvgIpc) is 2.62. The second-order valence-electron chi connectivity index (χ2n) is 6.91. The molecule has 1 aromatic carbocycles. The maximum atomic E-state index is 11.4. The van der Waals surface area contributed by atoms with Gasteiger partial charge in [0.15, 0.2) is 5.12 Å². The van der Waals surface area contributed by atoms with Crippen LogP contribution < -0.4 is 5.73 Å². The Hall–Kier alpha value is -0.945. The molecule has 0 atom stereocenters. The van der Waals surface area contributed by atoms with Gasteiger partial charge in [-0.05, 0) is 56.9 Å². The maximum Gasteiger partial charge on any atom is 0.491 e. The van der Waals surface area contributed by atoms with Gasteiger partial charge in [-0.3, -0.25) is 4.79 Å². The molecule has 0 bridgehead atoms. The van der Waals surface area contributed by atoms with Gasteiger partial charge < -0.3 is 15.0 Å². The monoisotopic (exact) mass is 367 g/mol. The van der Waals surface area contributed by atoms with Crippen molar-refractivity contribution >= 4 is 47.4 Å². The molecule has 4 nitrogen and oxygen atoms in total. The van der Waals surface area contributed by atoms with Gasteiger partial charge in [0.25, 0.3) is 0 Å². The van der Waals surface area contributed by atoms with Crippen LogP contribution in [0.1, 0.15) is 40.2 Å². The van der Waals surface area contributed by atoms with Crippen molar-refractivity contribution in [3.05, 3.63) is 34.3 Å². The summed E-state index contributed by atoms with van der Waals surface area (Å²) >= 11 is 7.30. The van der Waals surface area contributed by atoms with Crippen LogP contribution in [0.25, 0.3) is 6.08 Å². The fourth-order valence-corrected chi connectivity index (χ4v) is 3.13. The highest BCUT2D eigenvalue weighted by Crippen LogP contribution is 2.39. The van der Waals surface area contributed by atoms with Crippen molar-refractivity contribution in [1.82, 2.24) is 0 Å². The number of carbonyl (C=O) groups excluding carboxylic acids is 1. The summed E-state index contributed by atoms with van der Waals surface area (Å²) in [5.41, 5.74) is 7.29. The predicted octanol–water partition coefficient (Wildman–Crippen LogP) is 4.22. The average molecular weight is 368 g/mol. The van der Waals surface area contributed by atoms with Gasteiger partial charge in [0, 0.05) is 23.4 Å². The number of anilines is 1. The van der Waals surface area contributed by atoms with E-state index in [0.29, 0.717) is 16.5 Å². The van der Waals surface area contributed by atoms with E-state index in [1.54, 1.807) is 13.0 Å². The molecule has 0 unspecified atom stereocenters. The first-order valence-corrected chi connectivity index (χ1v) is 9.12. The van der Waals surface area contributed by atoms with E-state index in [-0.39, 0.29) is 5.12 Å². The first-order valence-electron chi connectivity index (χ1n) is 7.76. The summed E-state index contributed by atoms with van der Waals surface area (Å²) in [7, 11) is -0.512. The molecule has 0 aliphatic carbocycles. The van der Waals surface area contributed by atoms with Crippen LogP contribution in [-0.4, -0.2) is 29.2 Å². The number of hydrogen-bond acceptors (Lipinski definition) is 5. The second kappa shape index (κ2) is 7.12. The van der Waals surface area contributed by atoms with Crippen LogP contribution in [0, 0.1) is 0 Å². The molecule has 2 N–H and O–H groups in total. The molecule has 0 radical (unpaired) electrons. The standard InChI is InChI=1S/C17H23BClNO3S/c1-11(21)24-10-13(6-12-7-14(19)9-15(20)8-12)18-22-16(2,3)17(4,5)23-18/h6-9H,10,20H2,1-5H3. The van der Waals surface area contributed by atoms with E-state index in [4.69, 9.17) is 26.6 Å². The smallest absolute Gasteiger partial charge is 0.400 e. The van der Waals surface area contributed by atoms with Crippen LogP contribution in [0.5, 0.6) is 0 Å². The number of rotatable bonds is 4. The summed E-state index contributed by atoms with van der Waals surface area (Å²) in [6.07, 6.45) is 1.93. The van der Waals surface area contributed by atoms with Crippen LogP contribution >= 0.6 is 23.4 Å². The largest absolute Gasteiger partial charge is 0.491 e. The van der Waals surface area contributed by atoms with E-state index < -0.39 is 18.3 Å². The van der Waals surface area contributed by atoms with Crippen molar-refractivity contribution in [1.29, 1.82) is 0 Å². The first kappa shape index (κ1) is 19.4. The number of nitrogen functional groups attached to an aromatic ring is 1. The van der Waals surface area contributed by atoms with Gasteiger partial charge in [-0.15, -0.1) is 0 Å². The van der Waals surface area contributed by atoms with E-state index in [1.165, 1.54) is 11.8 Å². The van der Waals surface area contributed by atoms with Crippen LogP contribution in [0.15, 0.2) is 23.7 Å². The van der Waals surface area contributed by atoms with Gasteiger partial charge in [-0.2, -0.15) is 0 Å². The molecular weight excluding hydrogens is 345 g/mol. The number of hydrogen-bond donors (Lipinski definition) is 1. The Balaban J connectivity index is 2.35.